The molecule has 12 heteroatoms. The number of aryl methyl sites for hydroxylation is 1. The Morgan fingerprint density at radius 1 is 1.24 bits per heavy atom. The topological polar surface area (TPSA) is 154 Å². The largest absolute Gasteiger partial charge is 0.537 e. The first-order valence-electron chi connectivity index (χ1n) is 9.40. The summed E-state index contributed by atoms with van der Waals surface area (Å²) in [7, 11) is -2.76. The van der Waals surface area contributed by atoms with Crippen LogP contribution in [0.25, 0.3) is 0 Å². The molecule has 11 nitrogen and oxygen atoms in total. The van der Waals surface area contributed by atoms with Gasteiger partial charge in [0.25, 0.3) is 5.91 Å². The van der Waals surface area contributed by atoms with E-state index in [9.17, 15) is 13.2 Å². The summed E-state index contributed by atoms with van der Waals surface area (Å²) in [5.74, 6) is 2.30. The quantitative estimate of drug-likeness (QED) is 0.266. The van der Waals surface area contributed by atoms with E-state index in [4.69, 9.17) is 9.88 Å². The van der Waals surface area contributed by atoms with E-state index in [1.165, 1.54) is 32.0 Å². The Balaban J connectivity index is 1.73. The Hall–Kier alpha value is -4.43. The molecule has 0 spiro atoms. The number of carbonyl (C=O) groups is 1. The van der Waals surface area contributed by atoms with Gasteiger partial charge < -0.3 is 10.1 Å². The molecule has 0 saturated carbocycles. The number of benzene rings is 1. The van der Waals surface area contributed by atoms with Crippen molar-refractivity contribution in [3.63, 3.8) is 0 Å². The van der Waals surface area contributed by atoms with Gasteiger partial charge in [-0.3, -0.25) is 4.79 Å². The number of methoxy groups -OCH3 is 1. The molecular formula is C21H17N7O4S+2. The zero-order valence-corrected chi connectivity index (χ0v) is 18.3. The maximum atomic E-state index is 12.6. The molecule has 1 aliphatic rings. The van der Waals surface area contributed by atoms with E-state index in [1.807, 2.05) is 25.1 Å². The molecule has 33 heavy (non-hydrogen) atoms. The van der Waals surface area contributed by atoms with Crippen LogP contribution in [-0.2, 0) is 10.0 Å². The number of hydrogen-bond acceptors (Lipinski definition) is 7. The van der Waals surface area contributed by atoms with Crippen LogP contribution in [0.3, 0.4) is 0 Å². The molecule has 0 atom stereocenters. The minimum absolute atomic E-state index is 0.0491. The number of aromatic nitrogens is 3. The molecule has 3 aromatic rings. The highest BCUT2D eigenvalue weighted by atomic mass is 32.2. The lowest BCUT2D eigenvalue weighted by Crippen LogP contribution is -2.32. The summed E-state index contributed by atoms with van der Waals surface area (Å²) in [5.41, 5.74) is 1.17. The van der Waals surface area contributed by atoms with Crippen molar-refractivity contribution in [2.75, 3.05) is 12.4 Å². The predicted octanol–water partition coefficient (Wildman–Crippen LogP) is -1.68. The average molecular weight is 463 g/mol. The van der Waals surface area contributed by atoms with Crippen LogP contribution < -0.4 is 35.2 Å². The summed E-state index contributed by atoms with van der Waals surface area (Å²) >= 11 is 0. The van der Waals surface area contributed by atoms with Crippen LogP contribution >= 0.6 is 0 Å². The van der Waals surface area contributed by atoms with Gasteiger partial charge in [0, 0.05) is 24.3 Å². The lowest BCUT2D eigenvalue weighted by atomic mass is 10.2. The lowest BCUT2D eigenvalue weighted by Gasteiger charge is -2.08. The third-order valence-corrected chi connectivity index (χ3v) is 5.48. The van der Waals surface area contributed by atoms with Gasteiger partial charge in [-0.05, 0) is 27.8 Å². The minimum atomic E-state index is -4.12. The first kappa shape index (κ1) is 21.8. The minimum Gasteiger partial charge on any atom is -0.480 e. The van der Waals surface area contributed by atoms with Crippen LogP contribution in [0.2, 0.25) is 0 Å². The maximum Gasteiger partial charge on any atom is 0.537 e. The van der Waals surface area contributed by atoms with Crippen molar-refractivity contribution in [2.24, 2.45) is 5.14 Å². The molecule has 3 N–H and O–H groups in total. The van der Waals surface area contributed by atoms with Gasteiger partial charge in [-0.2, -0.15) is 0 Å². The van der Waals surface area contributed by atoms with Crippen LogP contribution in [0, 0.1) is 18.9 Å². The fourth-order valence-corrected chi connectivity index (χ4v) is 3.60. The summed E-state index contributed by atoms with van der Waals surface area (Å²) in [5, 5.41) is 9.37. The number of ether oxygens (including phenoxy) is 1. The number of anilines is 1. The van der Waals surface area contributed by atoms with Gasteiger partial charge in [0.1, 0.15) is 22.6 Å². The van der Waals surface area contributed by atoms with E-state index in [-0.39, 0.29) is 27.7 Å². The molecule has 0 saturated heterocycles. The van der Waals surface area contributed by atoms with Crippen molar-refractivity contribution < 1.29 is 17.9 Å². The van der Waals surface area contributed by atoms with E-state index in [0.717, 1.165) is 22.5 Å². The molecule has 0 unspecified atom stereocenters. The van der Waals surface area contributed by atoms with Gasteiger partial charge in [0.15, 0.2) is 0 Å². The summed E-state index contributed by atoms with van der Waals surface area (Å²) < 4.78 is 35.0. The normalized spacial score (nSPS) is 11.8. The van der Waals surface area contributed by atoms with E-state index in [0.29, 0.717) is 0 Å². The molecule has 0 radical (unpaired) electrons. The fourth-order valence-electron chi connectivity index (χ4n) is 2.99. The molecule has 3 heterocycles. The Labute approximate surface area is 188 Å². The van der Waals surface area contributed by atoms with Crippen molar-refractivity contribution in [2.45, 2.75) is 11.8 Å². The van der Waals surface area contributed by atoms with Crippen molar-refractivity contribution in [1.82, 2.24) is 24.2 Å². The standard InChI is InChI=1S/C21H16N7O4S/c1-13-3-4-17-16(7-13)26-12-28(17)6-5-14-8-19(24-10-18(14)33(22,30)31)27-20(29)15-9-23-11-25-21(15)32-2/h3-4,7-12H,1-2H3,(H2-,22,24,27,29,30,31)/q+1/p+1. The van der Waals surface area contributed by atoms with Crippen LogP contribution in [0.1, 0.15) is 21.5 Å². The fraction of sp³-hybridized carbons (Fsp3) is 0.0952. The van der Waals surface area contributed by atoms with E-state index >= 15 is 0 Å². The number of carbonyl (C=O) groups excluding carboxylic acids is 1. The van der Waals surface area contributed by atoms with Crippen LogP contribution in [0.15, 0.2) is 47.9 Å². The molecule has 1 amide bonds. The Morgan fingerprint density at radius 3 is 2.82 bits per heavy atom. The Morgan fingerprint density at radius 2 is 2.06 bits per heavy atom. The molecule has 0 fully saturated rings. The monoisotopic (exact) mass is 463 g/mol. The third kappa shape index (κ3) is 4.60. The Bertz CT molecular complexity index is 1630. The Kier molecular flexibility index (Phi) is 5.68. The highest BCUT2D eigenvalue weighted by Crippen LogP contribution is 2.18. The average Bonchev–Trinajstić information content (AvgIpc) is 3.18. The third-order valence-electron chi connectivity index (χ3n) is 4.54. The van der Waals surface area contributed by atoms with Crippen molar-refractivity contribution >= 4 is 28.1 Å². The van der Waals surface area contributed by atoms with Crippen molar-refractivity contribution in [1.29, 1.82) is 0 Å². The van der Waals surface area contributed by atoms with Gasteiger partial charge in [-0.15, -0.1) is 0 Å². The first-order valence-corrected chi connectivity index (χ1v) is 10.9. The molecule has 1 aromatic carbocycles. The van der Waals surface area contributed by atoms with Crippen LogP contribution in [0.4, 0.5) is 5.82 Å². The summed E-state index contributed by atoms with van der Waals surface area (Å²) in [4.78, 5) is 24.0. The number of nitrogens with one attached hydrogen (secondary N) is 1. The van der Waals surface area contributed by atoms with Gasteiger partial charge in [-0.25, -0.2) is 28.5 Å². The highest BCUT2D eigenvalue weighted by molar-refractivity contribution is 7.89. The number of amides is 1. The lowest BCUT2D eigenvalue weighted by molar-refractivity contribution is 0.102. The van der Waals surface area contributed by atoms with Gasteiger partial charge in [-0.1, -0.05) is 6.07 Å². The summed E-state index contributed by atoms with van der Waals surface area (Å²) in [6, 6.07) is 9.85. The molecule has 2 aromatic heterocycles. The van der Waals surface area contributed by atoms with E-state index in [1.54, 1.807) is 4.58 Å². The number of pyridine rings is 1. The zero-order valence-electron chi connectivity index (χ0n) is 17.5. The maximum absolute atomic E-state index is 12.6. The van der Waals surface area contributed by atoms with Crippen molar-refractivity contribution in [3.05, 3.63) is 70.4 Å². The van der Waals surface area contributed by atoms with E-state index < -0.39 is 15.9 Å². The molecular weight excluding hydrogens is 446 g/mol. The first-order chi connectivity index (χ1) is 15.8. The number of primary sulfonamides is 1. The summed E-state index contributed by atoms with van der Waals surface area (Å²) in [6.45, 7) is 1.95. The second kappa shape index (κ2) is 8.60. The van der Waals surface area contributed by atoms with Gasteiger partial charge in [0.2, 0.25) is 21.9 Å². The second-order valence-corrected chi connectivity index (χ2v) is 8.38. The van der Waals surface area contributed by atoms with E-state index in [2.05, 4.69) is 36.9 Å². The summed E-state index contributed by atoms with van der Waals surface area (Å²) in [6.07, 6.45) is 5.08. The molecule has 1 aliphatic heterocycles. The molecule has 164 valence electrons. The number of fused-ring (bicyclic) bond motifs is 1. The smallest absolute Gasteiger partial charge is 0.480 e. The van der Waals surface area contributed by atoms with Crippen LogP contribution in [-0.4, -0.2) is 42.7 Å². The zero-order chi connectivity index (χ0) is 23.6. The number of rotatable bonds is 4. The second-order valence-electron chi connectivity index (χ2n) is 6.85. The van der Waals surface area contributed by atoms with Gasteiger partial charge >= 0.3 is 17.1 Å². The predicted molar refractivity (Wildman–Crippen MR) is 118 cm³/mol. The highest BCUT2D eigenvalue weighted by Gasteiger charge is 2.21. The molecule has 4 rings (SSSR count). The molecule has 0 aliphatic carbocycles. The number of nitrogens with zero attached hydrogens (tertiary/aromatic N) is 5. The number of sulfonamides is 1. The van der Waals surface area contributed by atoms with Crippen molar-refractivity contribution in [3.8, 4) is 17.8 Å². The number of hydrogen-bond donors (Lipinski definition) is 2. The molecule has 0 bridgehead atoms. The van der Waals surface area contributed by atoms with Crippen LogP contribution in [0.5, 0.6) is 5.88 Å². The number of nitrogens with two attached hydrogens (primary N) is 1. The SMILES string of the molecule is COc1ncncc1C(=O)Nc1cc(C#C[N+]2=c3ccc(C)cc3=[N+]=C2)c(S(N)(=O)=O)cn1. The van der Waals surface area contributed by atoms with Gasteiger partial charge in [0.05, 0.1) is 18.9 Å².